The lowest BCUT2D eigenvalue weighted by molar-refractivity contribution is 0.0525. The molecule has 0 aliphatic rings. The maximum atomic E-state index is 13.1. The molecule has 29 heavy (non-hydrogen) atoms. The molecule has 0 aliphatic heterocycles. The Morgan fingerprint density at radius 1 is 1.31 bits per heavy atom. The summed E-state index contributed by atoms with van der Waals surface area (Å²) in [6.45, 7) is 5.46. The van der Waals surface area contributed by atoms with Gasteiger partial charge in [-0.05, 0) is 62.8 Å². The van der Waals surface area contributed by atoms with E-state index in [-0.39, 0.29) is 24.0 Å². The van der Waals surface area contributed by atoms with Crippen LogP contribution in [-0.2, 0) is 4.74 Å². The molecule has 6 nitrogen and oxygen atoms in total. The zero-order valence-electron chi connectivity index (χ0n) is 15.9. The van der Waals surface area contributed by atoms with Crippen molar-refractivity contribution in [1.29, 1.82) is 0 Å². The summed E-state index contributed by atoms with van der Waals surface area (Å²) >= 11 is 7.86. The van der Waals surface area contributed by atoms with Crippen molar-refractivity contribution in [3.8, 4) is 5.69 Å². The van der Waals surface area contributed by atoms with E-state index in [1.165, 1.54) is 39.9 Å². The highest BCUT2D eigenvalue weighted by Gasteiger charge is 2.23. The fourth-order valence-electron chi connectivity index (χ4n) is 2.80. The molecule has 2 aromatic heterocycles. The number of carbonyl (C=O) groups excluding carboxylic acids is 2. The molecule has 0 unspecified atom stereocenters. The summed E-state index contributed by atoms with van der Waals surface area (Å²) in [5.74, 6) is -0.800. The SMILES string of the molecule is CCOC(=O)c1c(C)[nH]c(C(=O)CSc2nn(-c3ccc(F)cc3)c(=S)s2)c1C. The average molecular weight is 452 g/mol. The minimum atomic E-state index is -0.443. The first-order valence-electron chi connectivity index (χ1n) is 8.70. The molecule has 0 radical (unpaired) electrons. The van der Waals surface area contributed by atoms with Gasteiger partial charge < -0.3 is 9.72 Å². The van der Waals surface area contributed by atoms with Gasteiger partial charge in [0.05, 0.1) is 29.3 Å². The van der Waals surface area contributed by atoms with Crippen LogP contribution in [-0.4, -0.2) is 38.9 Å². The number of rotatable bonds is 7. The zero-order chi connectivity index (χ0) is 21.1. The van der Waals surface area contributed by atoms with E-state index >= 15 is 0 Å². The van der Waals surface area contributed by atoms with Gasteiger partial charge in [0.2, 0.25) is 0 Å². The second-order valence-corrected chi connectivity index (χ2v) is 8.92. The van der Waals surface area contributed by atoms with E-state index in [0.717, 1.165) is 0 Å². The van der Waals surface area contributed by atoms with Gasteiger partial charge in [0.1, 0.15) is 5.82 Å². The van der Waals surface area contributed by atoms with Crippen molar-refractivity contribution in [2.45, 2.75) is 25.1 Å². The van der Waals surface area contributed by atoms with Crippen molar-refractivity contribution in [2.24, 2.45) is 0 Å². The van der Waals surface area contributed by atoms with E-state index in [0.29, 0.717) is 36.5 Å². The Balaban J connectivity index is 1.74. The van der Waals surface area contributed by atoms with Gasteiger partial charge in [0.25, 0.3) is 0 Å². The topological polar surface area (TPSA) is 77.0 Å². The summed E-state index contributed by atoms with van der Waals surface area (Å²) in [6.07, 6.45) is 0. The maximum absolute atomic E-state index is 13.1. The fraction of sp³-hybridized carbons (Fsp3) is 0.263. The smallest absolute Gasteiger partial charge is 0.340 e. The number of aryl methyl sites for hydroxylation is 1. The fourth-order valence-corrected chi connectivity index (χ4v) is 5.04. The van der Waals surface area contributed by atoms with Gasteiger partial charge in [0.15, 0.2) is 14.1 Å². The van der Waals surface area contributed by atoms with Crippen LogP contribution in [0.25, 0.3) is 5.69 Å². The molecule has 0 aliphatic carbocycles. The number of H-pyrrole nitrogens is 1. The van der Waals surface area contributed by atoms with Crippen molar-refractivity contribution in [3.63, 3.8) is 0 Å². The van der Waals surface area contributed by atoms with E-state index in [9.17, 15) is 14.0 Å². The first-order valence-corrected chi connectivity index (χ1v) is 10.9. The van der Waals surface area contributed by atoms with Crippen LogP contribution in [0.2, 0.25) is 0 Å². The molecule has 0 amide bonds. The van der Waals surface area contributed by atoms with E-state index < -0.39 is 5.97 Å². The molecule has 10 heteroatoms. The minimum Gasteiger partial charge on any atom is -0.462 e. The van der Waals surface area contributed by atoms with Crippen LogP contribution >= 0.6 is 35.3 Å². The summed E-state index contributed by atoms with van der Waals surface area (Å²) in [5.41, 5.74) is 2.62. The van der Waals surface area contributed by atoms with Gasteiger partial charge in [-0.3, -0.25) is 4.79 Å². The molecular formula is C19H18FN3O3S3. The Morgan fingerprint density at radius 3 is 2.66 bits per heavy atom. The molecular weight excluding hydrogens is 433 g/mol. The molecule has 0 bridgehead atoms. The standard InChI is InChI=1S/C19H18FN3O3S3/c1-4-26-17(25)15-10(2)16(21-11(15)3)14(24)9-28-18-22-23(19(27)29-18)13-7-5-12(20)6-8-13/h5-8,21H,4,9H2,1-3H3. The number of carbonyl (C=O) groups is 2. The number of aromatic amines is 1. The van der Waals surface area contributed by atoms with Gasteiger partial charge in [0, 0.05) is 5.69 Å². The number of Topliss-reactive ketones (excluding diaryl/α,β-unsaturated/α-hetero) is 1. The molecule has 3 rings (SSSR count). The molecule has 152 valence electrons. The highest BCUT2D eigenvalue weighted by atomic mass is 32.2. The lowest BCUT2D eigenvalue weighted by atomic mass is 10.1. The van der Waals surface area contributed by atoms with Crippen LogP contribution in [0.5, 0.6) is 0 Å². The number of nitrogens with one attached hydrogen (secondary N) is 1. The van der Waals surface area contributed by atoms with Gasteiger partial charge in [-0.1, -0.05) is 23.1 Å². The maximum Gasteiger partial charge on any atom is 0.340 e. The number of esters is 1. The monoisotopic (exact) mass is 451 g/mol. The Kier molecular flexibility index (Phi) is 6.66. The van der Waals surface area contributed by atoms with Crippen LogP contribution in [0.1, 0.15) is 39.0 Å². The molecule has 1 aromatic carbocycles. The zero-order valence-corrected chi connectivity index (χ0v) is 18.4. The average Bonchev–Trinajstić information content (AvgIpc) is 3.19. The predicted octanol–water partition coefficient (Wildman–Crippen LogP) is 4.90. The first kappa shape index (κ1) is 21.4. The number of aromatic nitrogens is 3. The van der Waals surface area contributed by atoms with E-state index in [2.05, 4.69) is 10.1 Å². The molecule has 1 N–H and O–H groups in total. The Labute approximate surface area is 180 Å². The van der Waals surface area contributed by atoms with Gasteiger partial charge in [-0.15, -0.1) is 5.10 Å². The number of ketones is 1. The number of hydrogen-bond acceptors (Lipinski definition) is 7. The third kappa shape index (κ3) is 4.65. The molecule has 2 heterocycles. The largest absolute Gasteiger partial charge is 0.462 e. The van der Waals surface area contributed by atoms with Crippen molar-refractivity contribution in [2.75, 3.05) is 12.4 Å². The quantitative estimate of drug-likeness (QED) is 0.238. The highest BCUT2D eigenvalue weighted by Crippen LogP contribution is 2.26. The third-order valence-electron chi connectivity index (χ3n) is 4.12. The van der Waals surface area contributed by atoms with Crippen molar-refractivity contribution in [1.82, 2.24) is 14.8 Å². The van der Waals surface area contributed by atoms with Gasteiger partial charge in [-0.2, -0.15) is 0 Å². The number of ether oxygens (including phenoxy) is 1. The summed E-state index contributed by atoms with van der Waals surface area (Å²) in [5, 5.41) is 4.41. The van der Waals surface area contributed by atoms with E-state index in [1.807, 2.05) is 0 Å². The summed E-state index contributed by atoms with van der Waals surface area (Å²) < 4.78 is 20.8. The van der Waals surface area contributed by atoms with Gasteiger partial charge in [-0.25, -0.2) is 13.9 Å². The normalized spacial score (nSPS) is 10.9. The second kappa shape index (κ2) is 9.02. The van der Waals surface area contributed by atoms with Crippen molar-refractivity contribution < 1.29 is 18.7 Å². The number of benzene rings is 1. The highest BCUT2D eigenvalue weighted by molar-refractivity contribution is 8.01. The Bertz CT molecular complexity index is 1120. The lowest BCUT2D eigenvalue weighted by Crippen LogP contribution is -2.08. The molecule has 0 fully saturated rings. The first-order chi connectivity index (χ1) is 13.8. The summed E-state index contributed by atoms with van der Waals surface area (Å²) in [4.78, 5) is 27.8. The molecule has 0 saturated carbocycles. The van der Waals surface area contributed by atoms with Crippen molar-refractivity contribution >= 4 is 47.1 Å². The van der Waals surface area contributed by atoms with E-state index in [4.69, 9.17) is 17.0 Å². The molecule has 0 saturated heterocycles. The number of halogens is 1. The molecule has 0 spiro atoms. The minimum absolute atomic E-state index is 0.134. The van der Waals surface area contributed by atoms with Crippen LogP contribution in [0.3, 0.4) is 0 Å². The predicted molar refractivity (Wildman–Crippen MR) is 114 cm³/mol. The summed E-state index contributed by atoms with van der Waals surface area (Å²) in [7, 11) is 0. The van der Waals surface area contributed by atoms with Crippen molar-refractivity contribution in [3.05, 3.63) is 56.6 Å². The third-order valence-corrected chi connectivity index (χ3v) is 6.49. The number of nitrogens with zero attached hydrogens (tertiary/aromatic N) is 2. The van der Waals surface area contributed by atoms with E-state index in [1.54, 1.807) is 32.9 Å². The van der Waals surface area contributed by atoms with Crippen LogP contribution < -0.4 is 0 Å². The van der Waals surface area contributed by atoms with Crippen LogP contribution in [0.15, 0.2) is 28.6 Å². The Morgan fingerprint density at radius 2 is 2.00 bits per heavy atom. The molecule has 3 aromatic rings. The Hall–Kier alpha value is -2.30. The number of hydrogen-bond donors (Lipinski definition) is 1. The summed E-state index contributed by atoms with van der Waals surface area (Å²) in [6, 6.07) is 5.85. The number of thioether (sulfide) groups is 1. The second-order valence-electron chi connectivity index (χ2n) is 6.08. The van der Waals surface area contributed by atoms with Gasteiger partial charge >= 0.3 is 5.97 Å². The van der Waals surface area contributed by atoms with Crippen LogP contribution in [0.4, 0.5) is 4.39 Å². The van der Waals surface area contributed by atoms with Crippen LogP contribution in [0, 0.1) is 23.6 Å². The molecule has 0 atom stereocenters. The lowest BCUT2D eigenvalue weighted by Gasteiger charge is -2.02.